The van der Waals surface area contributed by atoms with E-state index < -0.39 is 5.41 Å². The highest BCUT2D eigenvalue weighted by molar-refractivity contribution is 5.83. The fraction of sp³-hybridized carbons (Fsp3) is 0.389. The molecule has 3 rings (SSSR count). The first-order valence-corrected chi connectivity index (χ1v) is 7.93. The van der Waals surface area contributed by atoms with Crippen LogP contribution in [-0.2, 0) is 22.5 Å². The zero-order valence-corrected chi connectivity index (χ0v) is 13.1. The van der Waals surface area contributed by atoms with Gasteiger partial charge >= 0.3 is 0 Å². The molecule has 1 fully saturated rings. The van der Waals surface area contributed by atoms with Crippen LogP contribution in [0.5, 0.6) is 0 Å². The van der Waals surface area contributed by atoms with Crippen molar-refractivity contribution in [1.82, 2.24) is 15.3 Å². The summed E-state index contributed by atoms with van der Waals surface area (Å²) < 4.78 is 5.47. The Balaban J connectivity index is 1.71. The Morgan fingerprint density at radius 2 is 1.91 bits per heavy atom. The molecule has 5 nitrogen and oxygen atoms in total. The van der Waals surface area contributed by atoms with E-state index in [-0.39, 0.29) is 5.91 Å². The summed E-state index contributed by atoms with van der Waals surface area (Å²) in [4.78, 5) is 21.2. The number of hydrogen-bond donors (Lipinski definition) is 1. The van der Waals surface area contributed by atoms with Gasteiger partial charge in [0.2, 0.25) is 5.91 Å². The molecule has 0 unspecified atom stereocenters. The first-order valence-electron chi connectivity index (χ1n) is 7.93. The van der Waals surface area contributed by atoms with Crippen molar-refractivity contribution < 1.29 is 9.53 Å². The summed E-state index contributed by atoms with van der Waals surface area (Å²) in [6.07, 6.45) is 7.48. The van der Waals surface area contributed by atoms with E-state index in [1.807, 2.05) is 30.3 Å². The number of nitrogens with zero attached hydrogens (tertiary/aromatic N) is 2. The lowest BCUT2D eigenvalue weighted by Crippen LogP contribution is -2.46. The molecule has 5 heteroatoms. The number of carbonyl (C=O) groups excluding carboxylic acids is 1. The van der Waals surface area contributed by atoms with Crippen LogP contribution in [0.3, 0.4) is 0 Å². The number of ether oxygens (including phenoxy) is 1. The lowest BCUT2D eigenvalue weighted by molar-refractivity contribution is -0.136. The molecule has 1 amide bonds. The number of amides is 1. The van der Waals surface area contributed by atoms with Crippen molar-refractivity contribution in [3.05, 3.63) is 60.2 Å². The largest absolute Gasteiger partial charge is 0.381 e. The number of aromatic nitrogens is 2. The molecule has 3 heterocycles. The van der Waals surface area contributed by atoms with Crippen LogP contribution in [0.15, 0.2) is 48.9 Å². The third-order valence-corrected chi connectivity index (χ3v) is 4.38. The molecule has 0 atom stereocenters. The SMILES string of the molecule is O=C(NCc1ccccn1)C1(Cc2ccncc2)CCOCC1. The Morgan fingerprint density at radius 1 is 1.13 bits per heavy atom. The summed E-state index contributed by atoms with van der Waals surface area (Å²) >= 11 is 0. The van der Waals surface area contributed by atoms with Gasteiger partial charge in [-0.15, -0.1) is 0 Å². The average molecular weight is 311 g/mol. The van der Waals surface area contributed by atoms with Crippen LogP contribution >= 0.6 is 0 Å². The van der Waals surface area contributed by atoms with E-state index in [4.69, 9.17) is 4.74 Å². The summed E-state index contributed by atoms with van der Waals surface area (Å²) in [5.41, 5.74) is 1.59. The Bertz CT molecular complexity index is 625. The lowest BCUT2D eigenvalue weighted by Gasteiger charge is -2.36. The number of pyridine rings is 2. The van der Waals surface area contributed by atoms with Crippen LogP contribution < -0.4 is 5.32 Å². The van der Waals surface area contributed by atoms with E-state index in [9.17, 15) is 4.79 Å². The number of hydrogen-bond acceptors (Lipinski definition) is 4. The maximum absolute atomic E-state index is 12.9. The molecule has 0 aromatic carbocycles. The normalized spacial score (nSPS) is 16.7. The van der Waals surface area contributed by atoms with Crippen LogP contribution in [0.4, 0.5) is 0 Å². The molecule has 0 aliphatic carbocycles. The van der Waals surface area contributed by atoms with E-state index in [0.29, 0.717) is 26.2 Å². The molecule has 0 bridgehead atoms. The highest BCUT2D eigenvalue weighted by Gasteiger charge is 2.39. The van der Waals surface area contributed by atoms with Gasteiger partial charge in [-0.3, -0.25) is 14.8 Å². The minimum Gasteiger partial charge on any atom is -0.381 e. The number of carbonyl (C=O) groups is 1. The van der Waals surface area contributed by atoms with Crippen molar-refractivity contribution >= 4 is 5.91 Å². The van der Waals surface area contributed by atoms with Crippen LogP contribution in [0, 0.1) is 5.41 Å². The second kappa shape index (κ2) is 7.33. The fourth-order valence-electron chi connectivity index (χ4n) is 3.00. The Kier molecular flexibility index (Phi) is 4.98. The molecule has 1 saturated heterocycles. The zero-order chi connectivity index (χ0) is 16.0. The first kappa shape index (κ1) is 15.6. The van der Waals surface area contributed by atoms with Gasteiger partial charge in [-0.05, 0) is 49.1 Å². The van der Waals surface area contributed by atoms with Gasteiger partial charge in [0.05, 0.1) is 17.7 Å². The molecule has 0 radical (unpaired) electrons. The van der Waals surface area contributed by atoms with Gasteiger partial charge in [-0.1, -0.05) is 6.07 Å². The topological polar surface area (TPSA) is 64.1 Å². The van der Waals surface area contributed by atoms with Crippen molar-refractivity contribution in [1.29, 1.82) is 0 Å². The smallest absolute Gasteiger partial charge is 0.227 e. The summed E-state index contributed by atoms with van der Waals surface area (Å²) in [5.74, 6) is 0.0864. The van der Waals surface area contributed by atoms with Gasteiger partial charge < -0.3 is 10.1 Å². The van der Waals surface area contributed by atoms with Gasteiger partial charge in [-0.25, -0.2) is 0 Å². The molecule has 1 aliphatic rings. The van der Waals surface area contributed by atoms with Gasteiger partial charge in [-0.2, -0.15) is 0 Å². The summed E-state index contributed by atoms with van der Waals surface area (Å²) in [6, 6.07) is 9.66. The van der Waals surface area contributed by atoms with E-state index in [2.05, 4.69) is 15.3 Å². The standard InChI is InChI=1S/C18H21N3O2/c22-17(21-14-16-3-1-2-8-20-16)18(6-11-23-12-7-18)13-15-4-9-19-10-5-15/h1-5,8-10H,6-7,11-14H2,(H,21,22). The Labute approximate surface area is 136 Å². The third-order valence-electron chi connectivity index (χ3n) is 4.38. The molecule has 0 spiro atoms. The van der Waals surface area contributed by atoms with Gasteiger partial charge in [0.25, 0.3) is 0 Å². The van der Waals surface area contributed by atoms with E-state index in [1.54, 1.807) is 18.6 Å². The minimum absolute atomic E-state index is 0.0864. The maximum Gasteiger partial charge on any atom is 0.227 e. The monoisotopic (exact) mass is 311 g/mol. The van der Waals surface area contributed by atoms with E-state index in [1.165, 1.54) is 0 Å². The predicted molar refractivity (Wildman–Crippen MR) is 86.5 cm³/mol. The molecule has 2 aromatic heterocycles. The van der Waals surface area contributed by atoms with Gasteiger partial charge in [0, 0.05) is 31.8 Å². The van der Waals surface area contributed by atoms with Crippen LogP contribution in [0.2, 0.25) is 0 Å². The van der Waals surface area contributed by atoms with Crippen LogP contribution in [0.25, 0.3) is 0 Å². The number of rotatable bonds is 5. The van der Waals surface area contributed by atoms with Crippen LogP contribution in [-0.4, -0.2) is 29.1 Å². The number of nitrogens with one attached hydrogen (secondary N) is 1. The summed E-state index contributed by atoms with van der Waals surface area (Å²) in [6.45, 7) is 1.71. The fourth-order valence-corrected chi connectivity index (χ4v) is 3.00. The Hall–Kier alpha value is -2.27. The van der Waals surface area contributed by atoms with Gasteiger partial charge in [0.15, 0.2) is 0 Å². The second-order valence-electron chi connectivity index (χ2n) is 5.93. The quantitative estimate of drug-likeness (QED) is 0.919. The van der Waals surface area contributed by atoms with Gasteiger partial charge in [0.1, 0.15) is 0 Å². The highest BCUT2D eigenvalue weighted by atomic mass is 16.5. The van der Waals surface area contributed by atoms with Crippen molar-refractivity contribution in [2.24, 2.45) is 5.41 Å². The maximum atomic E-state index is 12.9. The molecule has 0 saturated carbocycles. The molecular formula is C18H21N3O2. The molecule has 1 aliphatic heterocycles. The second-order valence-corrected chi connectivity index (χ2v) is 5.93. The van der Waals surface area contributed by atoms with E-state index in [0.717, 1.165) is 24.1 Å². The minimum atomic E-state index is -0.408. The third kappa shape index (κ3) is 3.93. The molecular weight excluding hydrogens is 290 g/mol. The molecule has 23 heavy (non-hydrogen) atoms. The van der Waals surface area contributed by atoms with Crippen molar-refractivity contribution in [2.45, 2.75) is 25.8 Å². The molecule has 1 N–H and O–H groups in total. The van der Waals surface area contributed by atoms with Crippen LogP contribution in [0.1, 0.15) is 24.1 Å². The Morgan fingerprint density at radius 3 is 2.61 bits per heavy atom. The van der Waals surface area contributed by atoms with Crippen molar-refractivity contribution in [3.8, 4) is 0 Å². The predicted octanol–water partition coefficient (Wildman–Crippen LogP) is 2.13. The van der Waals surface area contributed by atoms with Crippen molar-refractivity contribution in [3.63, 3.8) is 0 Å². The summed E-state index contributed by atoms with van der Waals surface area (Å²) in [7, 11) is 0. The highest BCUT2D eigenvalue weighted by Crippen LogP contribution is 2.34. The molecule has 120 valence electrons. The van der Waals surface area contributed by atoms with E-state index >= 15 is 0 Å². The average Bonchev–Trinajstić information content (AvgIpc) is 2.62. The zero-order valence-electron chi connectivity index (χ0n) is 13.1. The first-order chi connectivity index (χ1) is 11.3. The lowest BCUT2D eigenvalue weighted by atomic mass is 9.74. The molecule has 2 aromatic rings. The summed E-state index contributed by atoms with van der Waals surface area (Å²) in [5, 5.41) is 3.06. The van der Waals surface area contributed by atoms with Crippen molar-refractivity contribution in [2.75, 3.05) is 13.2 Å².